The van der Waals surface area contributed by atoms with Crippen LogP contribution in [0.4, 0.5) is 18.3 Å². The fourth-order valence-electron chi connectivity index (χ4n) is 1.43. The molecule has 2 aromatic rings. The molecular formula is C11H11F3N2OS2. The van der Waals surface area contributed by atoms with E-state index in [-0.39, 0.29) is 24.1 Å². The standard InChI is InChI=1S/C11H11F3N2OS2/c1-17-7-2-3-8-9(6-7)19-10(16-8)15-4-5-18-11(12,13)14/h2-3,6H,4-5H2,1H3,(H,15,16). The van der Waals surface area contributed by atoms with E-state index in [1.54, 1.807) is 13.2 Å². The number of thiazole rings is 1. The fourth-order valence-corrected chi connectivity index (χ4v) is 2.79. The summed E-state index contributed by atoms with van der Waals surface area (Å²) in [5.41, 5.74) is -3.38. The molecule has 0 aliphatic carbocycles. The minimum Gasteiger partial charge on any atom is -0.497 e. The first kappa shape index (κ1) is 14.3. The van der Waals surface area contributed by atoms with Gasteiger partial charge < -0.3 is 10.1 Å². The molecule has 1 heterocycles. The second-order valence-electron chi connectivity index (χ2n) is 3.57. The number of methoxy groups -OCH3 is 1. The predicted molar refractivity (Wildman–Crippen MR) is 73.2 cm³/mol. The molecule has 1 aromatic carbocycles. The van der Waals surface area contributed by atoms with E-state index < -0.39 is 5.51 Å². The predicted octanol–water partition coefficient (Wildman–Crippen LogP) is 3.97. The van der Waals surface area contributed by atoms with E-state index in [1.807, 2.05) is 12.1 Å². The van der Waals surface area contributed by atoms with E-state index in [0.717, 1.165) is 16.0 Å². The monoisotopic (exact) mass is 308 g/mol. The van der Waals surface area contributed by atoms with Crippen molar-refractivity contribution in [2.75, 3.05) is 24.7 Å². The molecule has 3 nitrogen and oxygen atoms in total. The normalized spacial score (nSPS) is 11.8. The summed E-state index contributed by atoms with van der Waals surface area (Å²) in [5, 5.41) is 3.51. The lowest BCUT2D eigenvalue weighted by Crippen LogP contribution is -2.09. The molecule has 1 aromatic heterocycles. The van der Waals surface area contributed by atoms with Gasteiger partial charge in [-0.15, -0.1) is 0 Å². The molecule has 0 spiro atoms. The molecule has 0 radical (unpaired) electrons. The summed E-state index contributed by atoms with van der Waals surface area (Å²) < 4.78 is 41.9. The van der Waals surface area contributed by atoms with Gasteiger partial charge in [0.2, 0.25) is 0 Å². The number of anilines is 1. The highest BCUT2D eigenvalue weighted by Gasteiger charge is 2.27. The Morgan fingerprint density at radius 1 is 1.42 bits per heavy atom. The average Bonchev–Trinajstić information content (AvgIpc) is 2.75. The number of benzene rings is 1. The summed E-state index contributed by atoms with van der Waals surface area (Å²) in [5.74, 6) is 0.693. The number of halogens is 3. The number of nitrogens with zero attached hydrogens (tertiary/aromatic N) is 1. The van der Waals surface area contributed by atoms with Gasteiger partial charge in [-0.25, -0.2) is 4.98 Å². The van der Waals surface area contributed by atoms with Gasteiger partial charge in [-0.2, -0.15) is 13.2 Å². The second-order valence-corrected chi connectivity index (χ2v) is 5.76. The third kappa shape index (κ3) is 4.17. The lowest BCUT2D eigenvalue weighted by atomic mass is 10.3. The summed E-state index contributed by atoms with van der Waals surface area (Å²) >= 11 is 1.35. The molecule has 104 valence electrons. The molecule has 1 N–H and O–H groups in total. The van der Waals surface area contributed by atoms with E-state index in [9.17, 15) is 13.2 Å². The number of rotatable bonds is 5. The van der Waals surface area contributed by atoms with Crippen LogP contribution in [0.1, 0.15) is 0 Å². The molecule has 0 aliphatic rings. The first-order chi connectivity index (χ1) is 8.98. The topological polar surface area (TPSA) is 34.1 Å². The van der Waals surface area contributed by atoms with Crippen molar-refractivity contribution in [3.63, 3.8) is 0 Å². The number of fused-ring (bicyclic) bond motifs is 1. The number of thioether (sulfide) groups is 1. The number of aromatic nitrogens is 1. The Bertz CT molecular complexity index is 556. The van der Waals surface area contributed by atoms with Gasteiger partial charge in [0.05, 0.1) is 17.3 Å². The summed E-state index contributed by atoms with van der Waals surface area (Å²) in [7, 11) is 1.58. The summed E-state index contributed by atoms with van der Waals surface area (Å²) in [6.07, 6.45) is 0. The van der Waals surface area contributed by atoms with Gasteiger partial charge in [0.1, 0.15) is 5.75 Å². The number of hydrogen-bond acceptors (Lipinski definition) is 5. The highest BCUT2D eigenvalue weighted by Crippen LogP contribution is 2.31. The van der Waals surface area contributed by atoms with Crippen LogP contribution in [0.2, 0.25) is 0 Å². The SMILES string of the molecule is COc1ccc2nc(NCCSC(F)(F)F)sc2c1. The molecule has 0 fully saturated rings. The van der Waals surface area contributed by atoms with Crippen molar-refractivity contribution in [2.45, 2.75) is 5.51 Å². The van der Waals surface area contributed by atoms with Crippen LogP contribution < -0.4 is 10.1 Å². The average molecular weight is 308 g/mol. The first-order valence-electron chi connectivity index (χ1n) is 5.37. The van der Waals surface area contributed by atoms with Crippen molar-refractivity contribution in [3.05, 3.63) is 18.2 Å². The Balaban J connectivity index is 1.94. The highest BCUT2D eigenvalue weighted by atomic mass is 32.2. The fraction of sp³-hybridized carbons (Fsp3) is 0.364. The first-order valence-corrected chi connectivity index (χ1v) is 7.17. The van der Waals surface area contributed by atoms with Crippen molar-refractivity contribution in [1.29, 1.82) is 0 Å². The number of nitrogens with one attached hydrogen (secondary N) is 1. The van der Waals surface area contributed by atoms with Crippen LogP contribution in [0.15, 0.2) is 18.2 Å². The third-order valence-electron chi connectivity index (χ3n) is 2.24. The van der Waals surface area contributed by atoms with Crippen LogP contribution >= 0.6 is 23.1 Å². The quantitative estimate of drug-likeness (QED) is 0.848. The van der Waals surface area contributed by atoms with Gasteiger partial charge >= 0.3 is 5.51 Å². The molecule has 0 saturated heterocycles. The maximum absolute atomic E-state index is 11.9. The van der Waals surface area contributed by atoms with Gasteiger partial charge in [-0.3, -0.25) is 0 Å². The van der Waals surface area contributed by atoms with Gasteiger partial charge in [0.15, 0.2) is 5.13 Å². The third-order valence-corrected chi connectivity index (χ3v) is 3.95. The maximum atomic E-state index is 11.9. The van der Waals surface area contributed by atoms with Gasteiger partial charge in [-0.05, 0) is 30.0 Å². The zero-order valence-corrected chi connectivity index (χ0v) is 11.6. The molecule has 19 heavy (non-hydrogen) atoms. The maximum Gasteiger partial charge on any atom is 0.441 e. The Kier molecular flexibility index (Phi) is 4.41. The van der Waals surface area contributed by atoms with Crippen LogP contribution in [0.3, 0.4) is 0 Å². The number of hydrogen-bond donors (Lipinski definition) is 1. The van der Waals surface area contributed by atoms with E-state index in [1.165, 1.54) is 11.3 Å². The van der Waals surface area contributed by atoms with Crippen LogP contribution in [-0.4, -0.2) is 29.9 Å². The van der Waals surface area contributed by atoms with Crippen LogP contribution in [0.25, 0.3) is 10.2 Å². The van der Waals surface area contributed by atoms with Gasteiger partial charge in [0.25, 0.3) is 0 Å². The van der Waals surface area contributed by atoms with Crippen molar-refractivity contribution in [3.8, 4) is 5.75 Å². The van der Waals surface area contributed by atoms with E-state index in [2.05, 4.69) is 10.3 Å². The van der Waals surface area contributed by atoms with Crippen molar-refractivity contribution >= 4 is 38.4 Å². The number of ether oxygens (including phenoxy) is 1. The van der Waals surface area contributed by atoms with Crippen molar-refractivity contribution in [1.82, 2.24) is 4.98 Å². The van der Waals surface area contributed by atoms with E-state index >= 15 is 0 Å². The van der Waals surface area contributed by atoms with Gasteiger partial charge in [-0.1, -0.05) is 11.3 Å². The highest BCUT2D eigenvalue weighted by molar-refractivity contribution is 8.00. The second kappa shape index (κ2) is 5.87. The Morgan fingerprint density at radius 2 is 2.21 bits per heavy atom. The lowest BCUT2D eigenvalue weighted by Gasteiger charge is -2.05. The largest absolute Gasteiger partial charge is 0.497 e. The molecule has 0 bridgehead atoms. The molecular weight excluding hydrogens is 297 g/mol. The molecule has 0 amide bonds. The Morgan fingerprint density at radius 3 is 2.89 bits per heavy atom. The Hall–Kier alpha value is -1.15. The lowest BCUT2D eigenvalue weighted by molar-refractivity contribution is -0.0327. The summed E-state index contributed by atoms with van der Waals surface area (Å²) in [4.78, 5) is 4.28. The molecule has 0 aliphatic heterocycles. The minimum atomic E-state index is -4.18. The summed E-state index contributed by atoms with van der Waals surface area (Å²) in [6.45, 7) is 0.223. The molecule has 0 saturated carbocycles. The zero-order valence-electron chi connectivity index (χ0n) is 9.95. The molecule has 2 rings (SSSR count). The van der Waals surface area contributed by atoms with Crippen LogP contribution in [-0.2, 0) is 0 Å². The minimum absolute atomic E-state index is 0.0389. The zero-order chi connectivity index (χ0) is 13.9. The van der Waals surface area contributed by atoms with Crippen molar-refractivity contribution < 1.29 is 17.9 Å². The van der Waals surface area contributed by atoms with E-state index in [4.69, 9.17) is 4.74 Å². The van der Waals surface area contributed by atoms with Crippen molar-refractivity contribution in [2.24, 2.45) is 0 Å². The Labute approximate surface area is 116 Å². The summed E-state index contributed by atoms with van der Waals surface area (Å²) in [6, 6.07) is 5.47. The molecule has 0 atom stereocenters. The molecule has 8 heteroatoms. The van der Waals surface area contributed by atoms with Crippen LogP contribution in [0.5, 0.6) is 5.75 Å². The smallest absolute Gasteiger partial charge is 0.441 e. The van der Waals surface area contributed by atoms with Crippen LogP contribution in [0, 0.1) is 0 Å². The number of alkyl halides is 3. The van der Waals surface area contributed by atoms with E-state index in [0.29, 0.717) is 5.13 Å². The molecule has 0 unspecified atom stereocenters. The van der Waals surface area contributed by atoms with Gasteiger partial charge in [0, 0.05) is 12.3 Å².